The molecule has 238 valence electrons. The lowest BCUT2D eigenvalue weighted by Gasteiger charge is -2.35. The summed E-state index contributed by atoms with van der Waals surface area (Å²) in [5.74, 6) is -1.53. The zero-order valence-electron chi connectivity index (χ0n) is 22.0. The van der Waals surface area contributed by atoms with Crippen LogP contribution in [-0.4, -0.2) is 87.7 Å². The first-order valence-corrected chi connectivity index (χ1v) is 14.1. The van der Waals surface area contributed by atoms with Crippen LogP contribution in [0.5, 0.6) is 5.75 Å². The van der Waals surface area contributed by atoms with E-state index in [1.807, 2.05) is 0 Å². The van der Waals surface area contributed by atoms with Gasteiger partial charge in [-0.1, -0.05) is 12.1 Å². The molecule has 0 unspecified atom stereocenters. The van der Waals surface area contributed by atoms with Crippen molar-refractivity contribution in [3.05, 3.63) is 28.8 Å². The molecule has 1 aliphatic carbocycles. The molecular weight excluding hydrogens is 617 g/mol. The average Bonchev–Trinajstić information content (AvgIpc) is 3.61. The number of rotatable bonds is 8. The van der Waals surface area contributed by atoms with Gasteiger partial charge in [-0.05, 0) is 25.3 Å². The number of nitrogens with zero attached hydrogens (tertiary/aromatic N) is 2. The van der Waals surface area contributed by atoms with Gasteiger partial charge >= 0.3 is 24.6 Å². The highest BCUT2D eigenvalue weighted by Crippen LogP contribution is 2.48. The van der Waals surface area contributed by atoms with Crippen molar-refractivity contribution in [2.45, 2.75) is 50.9 Å². The number of carbonyl (C=O) groups is 2. The van der Waals surface area contributed by atoms with Crippen LogP contribution in [0.4, 0.5) is 44.3 Å². The van der Waals surface area contributed by atoms with Crippen LogP contribution in [-0.2, 0) is 32.3 Å². The van der Waals surface area contributed by atoms with Crippen molar-refractivity contribution < 1.29 is 67.0 Å². The van der Waals surface area contributed by atoms with Gasteiger partial charge in [-0.2, -0.15) is 39.5 Å². The second-order valence-corrected chi connectivity index (χ2v) is 11.9. The maximum Gasteiger partial charge on any atom is 0.434 e. The van der Waals surface area contributed by atoms with Crippen molar-refractivity contribution in [2.24, 2.45) is 5.41 Å². The number of aryl methyl sites for hydroxylation is 1. The van der Waals surface area contributed by atoms with E-state index in [9.17, 15) is 57.5 Å². The Morgan fingerprint density at radius 3 is 1.98 bits per heavy atom. The number of nitrogens with one attached hydrogen (secondary N) is 1. The number of amides is 2. The SMILES string of the molecule is Cc1ccc(CN2CCN(C(=O)OC(C(F)(F)F)C(F)(F)F)CC2)c(OCC2(C(=O)NS(C)(=O)=O)CC2)c1C(F)(F)F. The molecule has 9 nitrogen and oxygen atoms in total. The minimum Gasteiger partial charge on any atom is -0.491 e. The third-order valence-electron chi connectivity index (χ3n) is 6.67. The number of carbonyl (C=O) groups excluding carboxylic acids is 2. The topological polar surface area (TPSA) is 105 Å². The first-order chi connectivity index (χ1) is 19.0. The summed E-state index contributed by atoms with van der Waals surface area (Å²) in [6.07, 6.45) is -21.8. The van der Waals surface area contributed by atoms with E-state index < -0.39 is 70.0 Å². The van der Waals surface area contributed by atoms with Crippen LogP contribution >= 0.6 is 0 Å². The molecule has 0 aromatic heterocycles. The molecule has 2 amide bonds. The summed E-state index contributed by atoms with van der Waals surface area (Å²) in [5.41, 5.74) is -2.70. The molecule has 0 bridgehead atoms. The molecule has 0 radical (unpaired) electrons. The fraction of sp³-hybridized carbons (Fsp3) is 0.652. The van der Waals surface area contributed by atoms with Crippen molar-refractivity contribution in [1.82, 2.24) is 14.5 Å². The molecule has 2 fully saturated rings. The van der Waals surface area contributed by atoms with Gasteiger partial charge in [0.2, 0.25) is 15.9 Å². The Morgan fingerprint density at radius 2 is 1.52 bits per heavy atom. The Kier molecular flexibility index (Phi) is 9.27. The van der Waals surface area contributed by atoms with Crippen LogP contribution in [0.3, 0.4) is 0 Å². The van der Waals surface area contributed by atoms with E-state index in [1.165, 1.54) is 24.0 Å². The number of hydrogen-bond donors (Lipinski definition) is 1. The van der Waals surface area contributed by atoms with E-state index in [0.717, 1.165) is 6.26 Å². The van der Waals surface area contributed by atoms with E-state index in [4.69, 9.17) is 4.74 Å². The highest BCUT2D eigenvalue weighted by Gasteiger charge is 2.60. The molecule has 1 heterocycles. The predicted molar refractivity (Wildman–Crippen MR) is 126 cm³/mol. The molecule has 1 saturated heterocycles. The number of halogens is 9. The van der Waals surface area contributed by atoms with Crippen molar-refractivity contribution >= 4 is 22.0 Å². The number of ether oxygens (including phenoxy) is 2. The summed E-state index contributed by atoms with van der Waals surface area (Å²) in [6, 6.07) is 2.50. The van der Waals surface area contributed by atoms with Crippen molar-refractivity contribution in [2.75, 3.05) is 39.0 Å². The Labute approximate surface area is 233 Å². The zero-order chi connectivity index (χ0) is 31.9. The maximum absolute atomic E-state index is 14.0. The van der Waals surface area contributed by atoms with E-state index >= 15 is 0 Å². The number of piperazine rings is 1. The minimum absolute atomic E-state index is 0.00233. The summed E-state index contributed by atoms with van der Waals surface area (Å²) in [6.45, 7) is -0.665. The Morgan fingerprint density at radius 1 is 0.976 bits per heavy atom. The van der Waals surface area contributed by atoms with Crippen molar-refractivity contribution in [1.29, 1.82) is 0 Å². The van der Waals surface area contributed by atoms with Crippen LogP contribution in [0.2, 0.25) is 0 Å². The summed E-state index contributed by atoms with van der Waals surface area (Å²) in [4.78, 5) is 26.5. The highest BCUT2D eigenvalue weighted by atomic mass is 32.2. The summed E-state index contributed by atoms with van der Waals surface area (Å²) in [5, 5.41) is 0. The van der Waals surface area contributed by atoms with Crippen LogP contribution in [0.1, 0.15) is 29.5 Å². The van der Waals surface area contributed by atoms with E-state index in [0.29, 0.717) is 4.90 Å². The van der Waals surface area contributed by atoms with Gasteiger partial charge in [-0.3, -0.25) is 14.4 Å². The number of alkyl halides is 9. The lowest BCUT2D eigenvalue weighted by molar-refractivity contribution is -0.308. The molecule has 19 heteroatoms. The highest BCUT2D eigenvalue weighted by molar-refractivity contribution is 7.89. The quantitative estimate of drug-likeness (QED) is 0.428. The monoisotopic (exact) mass is 643 g/mol. The van der Waals surface area contributed by atoms with Gasteiger partial charge in [0.1, 0.15) is 17.9 Å². The third kappa shape index (κ3) is 8.32. The molecule has 3 rings (SSSR count). The number of hydrogen-bond acceptors (Lipinski definition) is 7. The molecule has 1 aromatic rings. The summed E-state index contributed by atoms with van der Waals surface area (Å²) >= 11 is 0. The summed E-state index contributed by atoms with van der Waals surface area (Å²) < 4.78 is 152. The molecule has 2 aliphatic rings. The molecule has 42 heavy (non-hydrogen) atoms. The van der Waals surface area contributed by atoms with Gasteiger partial charge in [-0.25, -0.2) is 13.2 Å². The Bertz CT molecular complexity index is 1270. The van der Waals surface area contributed by atoms with Gasteiger partial charge in [0.25, 0.3) is 6.10 Å². The average molecular weight is 644 g/mol. The van der Waals surface area contributed by atoms with Gasteiger partial charge in [0, 0.05) is 38.3 Å². The van der Waals surface area contributed by atoms with Crippen LogP contribution in [0.15, 0.2) is 12.1 Å². The van der Waals surface area contributed by atoms with Crippen LogP contribution in [0, 0.1) is 12.3 Å². The van der Waals surface area contributed by atoms with E-state index in [2.05, 4.69) is 4.74 Å². The molecule has 0 spiro atoms. The fourth-order valence-electron chi connectivity index (χ4n) is 4.26. The molecular formula is C23H26F9N3O6S. The first-order valence-electron chi connectivity index (χ1n) is 12.2. The fourth-order valence-corrected chi connectivity index (χ4v) is 4.82. The smallest absolute Gasteiger partial charge is 0.434 e. The second-order valence-electron chi connectivity index (χ2n) is 10.1. The minimum atomic E-state index is -5.89. The second kappa shape index (κ2) is 11.6. The van der Waals surface area contributed by atoms with Gasteiger partial charge in [0.15, 0.2) is 0 Å². The van der Waals surface area contributed by atoms with Gasteiger partial charge in [0.05, 0.1) is 11.7 Å². The lowest BCUT2D eigenvalue weighted by atomic mass is 10.0. The molecule has 0 atom stereocenters. The molecule has 1 aromatic carbocycles. The standard InChI is InChI=1S/C23H26F9N3O6S/c1-13-3-4-14(11-34-7-9-35(10-8-34)19(37)41-17(22(27,28)29)23(30,31)32)16(15(13)21(24,25)26)40-12-20(5-6-20)18(36)33-42(2,38)39/h3-4,17H,5-12H2,1-2H3,(H,33,36). The first kappa shape index (κ1) is 33.5. The Balaban J connectivity index is 1.74. The largest absolute Gasteiger partial charge is 0.491 e. The van der Waals surface area contributed by atoms with E-state index in [1.54, 1.807) is 4.72 Å². The third-order valence-corrected chi connectivity index (χ3v) is 7.23. The predicted octanol–water partition coefficient (Wildman–Crippen LogP) is 4.00. The number of benzene rings is 1. The van der Waals surface area contributed by atoms with Gasteiger partial charge in [-0.15, -0.1) is 0 Å². The summed E-state index contributed by atoms with van der Waals surface area (Å²) in [7, 11) is -3.94. The van der Waals surface area contributed by atoms with Crippen molar-refractivity contribution in [3.8, 4) is 5.75 Å². The zero-order valence-corrected chi connectivity index (χ0v) is 22.9. The lowest BCUT2D eigenvalue weighted by Crippen LogP contribution is -2.52. The maximum atomic E-state index is 14.0. The van der Waals surface area contributed by atoms with Crippen LogP contribution < -0.4 is 9.46 Å². The number of sulfonamides is 1. The van der Waals surface area contributed by atoms with Crippen LogP contribution in [0.25, 0.3) is 0 Å². The molecule has 1 saturated carbocycles. The van der Waals surface area contributed by atoms with E-state index in [-0.39, 0.29) is 56.7 Å². The molecule has 1 N–H and O–H groups in total. The van der Waals surface area contributed by atoms with Gasteiger partial charge < -0.3 is 14.4 Å². The Hall–Kier alpha value is -2.96. The molecule has 1 aliphatic heterocycles. The van der Waals surface area contributed by atoms with Crippen molar-refractivity contribution in [3.63, 3.8) is 0 Å². The normalized spacial score (nSPS) is 18.1.